The van der Waals surface area contributed by atoms with E-state index in [1.165, 1.54) is 6.20 Å². The first kappa shape index (κ1) is 14.9. The zero-order chi connectivity index (χ0) is 15.4. The third kappa shape index (κ3) is 3.34. The summed E-state index contributed by atoms with van der Waals surface area (Å²) in [6.45, 7) is 2.03. The normalized spacial score (nSPS) is 13.0. The van der Waals surface area contributed by atoms with E-state index in [0.717, 1.165) is 0 Å². The highest BCUT2D eigenvalue weighted by Crippen LogP contribution is 2.33. The predicted molar refractivity (Wildman–Crippen MR) is 75.3 cm³/mol. The average molecular weight is 291 g/mol. The molecule has 0 N–H and O–H groups in total. The number of Topliss-reactive ketones (excluding diaryl/α,β-unsaturated/α-hetero) is 1. The topological polar surface area (TPSA) is 65.1 Å². The van der Waals surface area contributed by atoms with Crippen molar-refractivity contribution in [2.45, 2.75) is 6.92 Å². The molecule has 0 bridgehead atoms. The van der Waals surface area contributed by atoms with Gasteiger partial charge in [-0.1, -0.05) is 0 Å². The Kier molecular flexibility index (Phi) is 4.47. The minimum absolute atomic E-state index is 0.0271. The highest BCUT2D eigenvalue weighted by atomic mass is 16.7. The summed E-state index contributed by atoms with van der Waals surface area (Å²) < 4.78 is 15.4. The van der Waals surface area contributed by atoms with Crippen LogP contribution in [0.3, 0.4) is 0 Å². The SMILES string of the molecule is CCOC(=O)/C(=C\N(C)C)C(=O)c1ccc2c(c1)OCO2. The molecule has 0 atom stereocenters. The Hall–Kier alpha value is -2.50. The number of fused-ring (bicyclic) bond motifs is 1. The number of rotatable bonds is 5. The van der Waals surface area contributed by atoms with Crippen LogP contribution in [-0.4, -0.2) is 44.1 Å². The van der Waals surface area contributed by atoms with E-state index in [0.29, 0.717) is 17.1 Å². The van der Waals surface area contributed by atoms with Gasteiger partial charge in [-0.05, 0) is 25.1 Å². The number of hydrogen-bond acceptors (Lipinski definition) is 6. The largest absolute Gasteiger partial charge is 0.462 e. The maximum atomic E-state index is 12.5. The lowest BCUT2D eigenvalue weighted by Gasteiger charge is -2.11. The Morgan fingerprint density at radius 2 is 2.00 bits per heavy atom. The molecule has 112 valence electrons. The van der Waals surface area contributed by atoms with Gasteiger partial charge in [-0.15, -0.1) is 0 Å². The fraction of sp³-hybridized carbons (Fsp3) is 0.333. The van der Waals surface area contributed by atoms with Gasteiger partial charge in [-0.3, -0.25) is 4.79 Å². The Bertz CT molecular complexity index is 592. The van der Waals surface area contributed by atoms with Crippen molar-refractivity contribution in [2.75, 3.05) is 27.5 Å². The van der Waals surface area contributed by atoms with Crippen molar-refractivity contribution in [3.63, 3.8) is 0 Å². The van der Waals surface area contributed by atoms with Crippen LogP contribution in [0, 0.1) is 0 Å². The second kappa shape index (κ2) is 6.30. The van der Waals surface area contributed by atoms with E-state index >= 15 is 0 Å². The van der Waals surface area contributed by atoms with Gasteiger partial charge < -0.3 is 19.1 Å². The molecule has 0 amide bonds. The van der Waals surface area contributed by atoms with Gasteiger partial charge in [0.2, 0.25) is 12.6 Å². The van der Waals surface area contributed by atoms with Gasteiger partial charge in [0.25, 0.3) is 0 Å². The third-order valence-electron chi connectivity index (χ3n) is 2.76. The van der Waals surface area contributed by atoms with Gasteiger partial charge in [-0.25, -0.2) is 4.79 Å². The summed E-state index contributed by atoms with van der Waals surface area (Å²) in [5, 5.41) is 0. The van der Waals surface area contributed by atoms with Crippen molar-refractivity contribution >= 4 is 11.8 Å². The molecule has 1 aromatic rings. The minimum Gasteiger partial charge on any atom is -0.462 e. The first-order valence-corrected chi connectivity index (χ1v) is 6.52. The van der Waals surface area contributed by atoms with Crippen molar-refractivity contribution in [3.8, 4) is 11.5 Å². The number of nitrogens with zero attached hydrogens (tertiary/aromatic N) is 1. The molecule has 0 fully saturated rings. The summed E-state index contributed by atoms with van der Waals surface area (Å²) >= 11 is 0. The fourth-order valence-corrected chi connectivity index (χ4v) is 1.86. The van der Waals surface area contributed by atoms with Gasteiger partial charge in [-0.2, -0.15) is 0 Å². The summed E-state index contributed by atoms with van der Waals surface area (Å²) in [6.07, 6.45) is 1.45. The third-order valence-corrected chi connectivity index (χ3v) is 2.76. The van der Waals surface area contributed by atoms with E-state index in [9.17, 15) is 9.59 Å². The van der Waals surface area contributed by atoms with Crippen LogP contribution in [0.15, 0.2) is 30.0 Å². The summed E-state index contributed by atoms with van der Waals surface area (Å²) in [5.41, 5.74) is 0.320. The monoisotopic (exact) mass is 291 g/mol. The van der Waals surface area contributed by atoms with Gasteiger partial charge in [0.15, 0.2) is 11.5 Å². The van der Waals surface area contributed by atoms with E-state index in [4.69, 9.17) is 14.2 Å². The molecule has 6 heteroatoms. The van der Waals surface area contributed by atoms with Crippen LogP contribution in [0.1, 0.15) is 17.3 Å². The van der Waals surface area contributed by atoms with Gasteiger partial charge in [0, 0.05) is 25.9 Å². The van der Waals surface area contributed by atoms with Crippen LogP contribution in [0.2, 0.25) is 0 Å². The molecule has 0 saturated carbocycles. The number of carbonyl (C=O) groups is 2. The molecule has 6 nitrogen and oxygen atoms in total. The molecule has 0 unspecified atom stereocenters. The average Bonchev–Trinajstić information content (AvgIpc) is 2.91. The molecule has 1 aromatic carbocycles. The van der Waals surface area contributed by atoms with Crippen LogP contribution < -0.4 is 9.47 Å². The molecule has 0 saturated heterocycles. The standard InChI is InChI=1S/C15H17NO5/c1-4-19-15(18)11(8-16(2)3)14(17)10-5-6-12-13(7-10)21-9-20-12/h5-8H,4,9H2,1-3H3/b11-8-. The van der Waals surface area contributed by atoms with Crippen LogP contribution in [0.25, 0.3) is 0 Å². The van der Waals surface area contributed by atoms with Gasteiger partial charge in [0.05, 0.1) is 6.61 Å². The number of esters is 1. The van der Waals surface area contributed by atoms with E-state index in [1.54, 1.807) is 44.1 Å². The molecular weight excluding hydrogens is 274 g/mol. The first-order chi connectivity index (χ1) is 10.0. The summed E-state index contributed by atoms with van der Waals surface area (Å²) in [7, 11) is 3.46. The van der Waals surface area contributed by atoms with Crippen LogP contribution in [0.5, 0.6) is 11.5 Å². The molecule has 0 aliphatic carbocycles. The predicted octanol–water partition coefficient (Wildman–Crippen LogP) is 1.61. The molecule has 21 heavy (non-hydrogen) atoms. The zero-order valence-corrected chi connectivity index (χ0v) is 12.2. The van der Waals surface area contributed by atoms with E-state index in [1.807, 2.05) is 0 Å². The number of carbonyl (C=O) groups excluding carboxylic acids is 2. The lowest BCUT2D eigenvalue weighted by atomic mass is 10.0. The lowest BCUT2D eigenvalue weighted by Crippen LogP contribution is -2.19. The second-order valence-corrected chi connectivity index (χ2v) is 4.62. The van der Waals surface area contributed by atoms with Crippen molar-refractivity contribution in [1.82, 2.24) is 4.90 Å². The van der Waals surface area contributed by atoms with E-state index in [-0.39, 0.29) is 19.0 Å². The fourth-order valence-electron chi connectivity index (χ4n) is 1.86. The molecular formula is C15H17NO5. The number of ether oxygens (including phenoxy) is 3. The van der Waals surface area contributed by atoms with Crippen LogP contribution in [0.4, 0.5) is 0 Å². The molecule has 1 aliphatic heterocycles. The number of hydrogen-bond donors (Lipinski definition) is 0. The maximum Gasteiger partial charge on any atom is 0.343 e. The second-order valence-electron chi connectivity index (χ2n) is 4.62. The number of benzene rings is 1. The molecule has 0 spiro atoms. The van der Waals surface area contributed by atoms with Crippen molar-refractivity contribution in [1.29, 1.82) is 0 Å². The van der Waals surface area contributed by atoms with Crippen LogP contribution in [-0.2, 0) is 9.53 Å². The highest BCUT2D eigenvalue weighted by molar-refractivity contribution is 6.24. The molecule has 0 radical (unpaired) electrons. The quantitative estimate of drug-likeness (QED) is 0.270. The smallest absolute Gasteiger partial charge is 0.343 e. The van der Waals surface area contributed by atoms with Crippen molar-refractivity contribution < 1.29 is 23.8 Å². The Morgan fingerprint density at radius 3 is 2.67 bits per heavy atom. The number of ketones is 1. The highest BCUT2D eigenvalue weighted by Gasteiger charge is 2.24. The van der Waals surface area contributed by atoms with Gasteiger partial charge in [0.1, 0.15) is 5.57 Å². The Morgan fingerprint density at radius 1 is 1.29 bits per heavy atom. The van der Waals surface area contributed by atoms with Crippen molar-refractivity contribution in [3.05, 3.63) is 35.5 Å². The van der Waals surface area contributed by atoms with Crippen molar-refractivity contribution in [2.24, 2.45) is 0 Å². The first-order valence-electron chi connectivity index (χ1n) is 6.52. The van der Waals surface area contributed by atoms with Gasteiger partial charge >= 0.3 is 5.97 Å². The van der Waals surface area contributed by atoms with Crippen LogP contribution >= 0.6 is 0 Å². The Balaban J connectivity index is 2.32. The van der Waals surface area contributed by atoms with E-state index < -0.39 is 11.8 Å². The lowest BCUT2D eigenvalue weighted by molar-refractivity contribution is -0.138. The Labute approximate surface area is 122 Å². The summed E-state index contributed by atoms with van der Waals surface area (Å²) in [4.78, 5) is 26.1. The summed E-state index contributed by atoms with van der Waals surface area (Å²) in [6, 6.07) is 4.81. The minimum atomic E-state index is -0.645. The molecule has 1 heterocycles. The molecule has 1 aliphatic rings. The maximum absolute atomic E-state index is 12.5. The summed E-state index contributed by atoms with van der Waals surface area (Å²) in [5.74, 6) is 0.0176. The molecule has 0 aromatic heterocycles. The van der Waals surface area contributed by atoms with E-state index in [2.05, 4.69) is 0 Å². The zero-order valence-electron chi connectivity index (χ0n) is 12.2. The molecule has 2 rings (SSSR count).